The molecule has 2 aliphatic rings. The Morgan fingerprint density at radius 2 is 2.62 bits per heavy atom. The van der Waals surface area contributed by atoms with E-state index in [4.69, 9.17) is 4.74 Å². The number of rotatable bonds is 1. The number of hydrogen-bond acceptors (Lipinski definition) is 1. The first-order chi connectivity index (χ1) is 3.87. The van der Waals surface area contributed by atoms with Gasteiger partial charge in [0.05, 0.1) is 6.10 Å². The largest absolute Gasteiger partial charge is 0.362 e. The van der Waals surface area contributed by atoms with E-state index in [0.717, 1.165) is 0 Å². The first-order valence-electron chi connectivity index (χ1n) is 3.19. The molecule has 0 radical (unpaired) electrons. The average Bonchev–Trinajstić information content (AvgIpc) is 2.38. The third kappa shape index (κ3) is 0.360. The van der Waals surface area contributed by atoms with E-state index in [2.05, 4.69) is 6.58 Å². The summed E-state index contributed by atoms with van der Waals surface area (Å²) in [7, 11) is 0. The van der Waals surface area contributed by atoms with Gasteiger partial charge in [-0.05, 0) is 19.3 Å². The van der Waals surface area contributed by atoms with Gasteiger partial charge in [-0.3, -0.25) is 0 Å². The van der Waals surface area contributed by atoms with Crippen molar-refractivity contribution in [1.29, 1.82) is 0 Å². The molecule has 1 aliphatic heterocycles. The van der Waals surface area contributed by atoms with Crippen LogP contribution in [0.1, 0.15) is 19.3 Å². The maximum atomic E-state index is 5.37. The fourth-order valence-corrected chi connectivity index (χ4v) is 1.60. The maximum absolute atomic E-state index is 5.37. The van der Waals surface area contributed by atoms with Crippen molar-refractivity contribution in [2.24, 2.45) is 0 Å². The molecule has 0 spiro atoms. The Morgan fingerprint density at radius 1 is 1.75 bits per heavy atom. The van der Waals surface area contributed by atoms with Crippen molar-refractivity contribution in [3.8, 4) is 0 Å². The van der Waals surface area contributed by atoms with Crippen LogP contribution in [0.4, 0.5) is 0 Å². The summed E-state index contributed by atoms with van der Waals surface area (Å²) in [6, 6.07) is 0. The highest BCUT2D eigenvalue weighted by Crippen LogP contribution is 2.50. The lowest BCUT2D eigenvalue weighted by Crippen LogP contribution is -2.02. The topological polar surface area (TPSA) is 12.5 Å². The van der Waals surface area contributed by atoms with Crippen LogP contribution in [0.5, 0.6) is 0 Å². The van der Waals surface area contributed by atoms with Crippen molar-refractivity contribution in [2.45, 2.75) is 31.0 Å². The van der Waals surface area contributed by atoms with Gasteiger partial charge in [0.2, 0.25) is 0 Å². The molecular weight excluding hydrogens is 100 g/mol. The van der Waals surface area contributed by atoms with Gasteiger partial charge in [0.25, 0.3) is 0 Å². The van der Waals surface area contributed by atoms with Crippen LogP contribution in [-0.2, 0) is 4.74 Å². The van der Waals surface area contributed by atoms with Crippen LogP contribution in [-0.4, -0.2) is 11.7 Å². The number of epoxide rings is 1. The second-order valence-electron chi connectivity index (χ2n) is 2.66. The van der Waals surface area contributed by atoms with Gasteiger partial charge in [-0.1, -0.05) is 6.08 Å². The third-order valence-electron chi connectivity index (χ3n) is 2.23. The molecule has 0 bridgehead atoms. The Kier molecular flexibility index (Phi) is 0.662. The summed E-state index contributed by atoms with van der Waals surface area (Å²) in [6.07, 6.45) is 6.31. The Hall–Kier alpha value is -0.300. The zero-order chi connectivity index (χ0) is 5.61. The van der Waals surface area contributed by atoms with Crippen LogP contribution in [0.3, 0.4) is 0 Å². The Labute approximate surface area is 49.3 Å². The molecule has 2 rings (SSSR count). The van der Waals surface area contributed by atoms with Gasteiger partial charge in [0, 0.05) is 0 Å². The van der Waals surface area contributed by atoms with Crippen molar-refractivity contribution in [1.82, 2.24) is 0 Å². The second-order valence-corrected chi connectivity index (χ2v) is 2.66. The highest BCUT2D eigenvalue weighted by Gasteiger charge is 2.56. The van der Waals surface area contributed by atoms with Crippen LogP contribution in [0.15, 0.2) is 12.7 Å². The van der Waals surface area contributed by atoms with E-state index in [9.17, 15) is 0 Å². The summed E-state index contributed by atoms with van der Waals surface area (Å²) >= 11 is 0. The summed E-state index contributed by atoms with van der Waals surface area (Å²) in [5.74, 6) is 0. The smallest absolute Gasteiger partial charge is 0.113 e. The predicted molar refractivity (Wildman–Crippen MR) is 31.7 cm³/mol. The van der Waals surface area contributed by atoms with Crippen molar-refractivity contribution in [3.63, 3.8) is 0 Å². The van der Waals surface area contributed by atoms with Crippen LogP contribution in [0.2, 0.25) is 0 Å². The normalized spacial score (nSPS) is 50.8. The zero-order valence-electron chi connectivity index (χ0n) is 4.89. The fraction of sp³-hybridized carbons (Fsp3) is 0.714. The van der Waals surface area contributed by atoms with E-state index in [0.29, 0.717) is 6.10 Å². The van der Waals surface area contributed by atoms with Crippen LogP contribution < -0.4 is 0 Å². The Bertz CT molecular complexity index is 130. The lowest BCUT2D eigenvalue weighted by atomic mass is 10.1. The standard InChI is InChI=1S/C7H10O/c1-2-7-5-3-4-6(7)8-7/h2,6H,1,3-5H2. The molecule has 0 aromatic carbocycles. The number of fused-ring (bicyclic) bond motifs is 1. The molecular formula is C7H10O. The summed E-state index contributed by atoms with van der Waals surface area (Å²) < 4.78 is 5.37. The van der Waals surface area contributed by atoms with Crippen LogP contribution in [0.25, 0.3) is 0 Å². The minimum absolute atomic E-state index is 0.167. The second kappa shape index (κ2) is 1.16. The summed E-state index contributed by atoms with van der Waals surface area (Å²) in [5, 5.41) is 0. The highest BCUT2D eigenvalue weighted by atomic mass is 16.6. The van der Waals surface area contributed by atoms with Gasteiger partial charge in [-0.25, -0.2) is 0 Å². The molecule has 8 heavy (non-hydrogen) atoms. The fourth-order valence-electron chi connectivity index (χ4n) is 1.60. The molecule has 1 heterocycles. The highest BCUT2D eigenvalue weighted by molar-refractivity contribution is 5.17. The van der Waals surface area contributed by atoms with Gasteiger partial charge >= 0.3 is 0 Å². The van der Waals surface area contributed by atoms with Gasteiger partial charge in [0.15, 0.2) is 0 Å². The summed E-state index contributed by atoms with van der Waals surface area (Å²) in [5.41, 5.74) is 0.167. The SMILES string of the molecule is C=CC12CCCC1O2. The van der Waals surface area contributed by atoms with Crippen molar-refractivity contribution >= 4 is 0 Å². The minimum Gasteiger partial charge on any atom is -0.362 e. The molecule has 0 N–H and O–H groups in total. The zero-order valence-corrected chi connectivity index (χ0v) is 4.89. The first kappa shape index (κ1) is 4.57. The average molecular weight is 110 g/mol. The van der Waals surface area contributed by atoms with E-state index < -0.39 is 0 Å². The van der Waals surface area contributed by atoms with E-state index in [1.165, 1.54) is 19.3 Å². The quantitative estimate of drug-likeness (QED) is 0.368. The molecule has 2 atom stereocenters. The molecule has 44 valence electrons. The van der Waals surface area contributed by atoms with Gasteiger partial charge < -0.3 is 4.74 Å². The third-order valence-corrected chi connectivity index (χ3v) is 2.23. The van der Waals surface area contributed by atoms with E-state index in [1.54, 1.807) is 0 Å². The first-order valence-corrected chi connectivity index (χ1v) is 3.19. The molecule has 0 aromatic rings. The van der Waals surface area contributed by atoms with E-state index in [1.807, 2.05) is 6.08 Å². The van der Waals surface area contributed by atoms with E-state index >= 15 is 0 Å². The molecule has 1 heteroatoms. The molecule has 1 nitrogen and oxygen atoms in total. The molecule has 2 unspecified atom stereocenters. The molecule has 2 fully saturated rings. The molecule has 1 saturated carbocycles. The van der Waals surface area contributed by atoms with Crippen LogP contribution in [0, 0.1) is 0 Å². The molecule has 1 saturated heterocycles. The molecule has 0 aromatic heterocycles. The number of ether oxygens (including phenoxy) is 1. The lowest BCUT2D eigenvalue weighted by molar-refractivity contribution is 0.284. The van der Waals surface area contributed by atoms with Gasteiger partial charge in [-0.2, -0.15) is 0 Å². The Morgan fingerprint density at radius 3 is 2.88 bits per heavy atom. The monoisotopic (exact) mass is 110 g/mol. The lowest BCUT2D eigenvalue weighted by Gasteiger charge is -1.95. The van der Waals surface area contributed by atoms with Gasteiger partial charge in [0.1, 0.15) is 5.60 Å². The van der Waals surface area contributed by atoms with Crippen molar-refractivity contribution in [3.05, 3.63) is 12.7 Å². The summed E-state index contributed by atoms with van der Waals surface area (Å²) in [4.78, 5) is 0. The molecule has 0 amide bonds. The summed E-state index contributed by atoms with van der Waals surface area (Å²) in [6.45, 7) is 3.73. The predicted octanol–water partition coefficient (Wildman–Crippen LogP) is 1.49. The minimum atomic E-state index is 0.167. The van der Waals surface area contributed by atoms with Crippen LogP contribution >= 0.6 is 0 Å². The van der Waals surface area contributed by atoms with Crippen molar-refractivity contribution < 1.29 is 4.74 Å². The molecule has 1 aliphatic carbocycles. The van der Waals surface area contributed by atoms with Crippen molar-refractivity contribution in [2.75, 3.05) is 0 Å². The maximum Gasteiger partial charge on any atom is 0.113 e. The number of hydrogen-bond donors (Lipinski definition) is 0. The van der Waals surface area contributed by atoms with E-state index in [-0.39, 0.29) is 5.60 Å². The Balaban J connectivity index is 2.18. The van der Waals surface area contributed by atoms with Gasteiger partial charge in [-0.15, -0.1) is 6.58 Å².